The number of aryl methyl sites for hydroxylation is 1. The van der Waals surface area contributed by atoms with Crippen LogP contribution in [0.25, 0.3) is 5.82 Å². The molecule has 2 rings (SSSR count). The number of carbonyl (C=O) groups excluding carboxylic acids is 1. The Morgan fingerprint density at radius 1 is 1.50 bits per heavy atom. The average Bonchev–Trinajstić information content (AvgIpc) is 2.90. The molecule has 0 atom stereocenters. The molecular formula is C12H14N4O2. The maximum atomic E-state index is 11.9. The first-order chi connectivity index (χ1) is 8.63. The maximum Gasteiger partial charge on any atom is 0.278 e. The molecule has 18 heavy (non-hydrogen) atoms. The molecule has 2 heterocycles. The zero-order valence-electron chi connectivity index (χ0n) is 10.5. The summed E-state index contributed by atoms with van der Waals surface area (Å²) in [7, 11) is 3.00. The second-order valence-electron chi connectivity index (χ2n) is 3.80. The number of aromatic nitrogens is 3. The van der Waals surface area contributed by atoms with E-state index in [2.05, 4.69) is 10.1 Å². The van der Waals surface area contributed by atoms with Crippen molar-refractivity contribution in [3.05, 3.63) is 41.9 Å². The predicted molar refractivity (Wildman–Crippen MR) is 65.2 cm³/mol. The van der Waals surface area contributed by atoms with Crippen molar-refractivity contribution in [3.8, 4) is 5.82 Å². The summed E-state index contributed by atoms with van der Waals surface area (Å²) in [6.45, 7) is 1.88. The van der Waals surface area contributed by atoms with Crippen molar-refractivity contribution in [2.24, 2.45) is 0 Å². The molecule has 0 aliphatic rings. The molecule has 0 aromatic carbocycles. The summed E-state index contributed by atoms with van der Waals surface area (Å²) in [6.07, 6.45) is 5.00. The molecule has 2 aromatic rings. The van der Waals surface area contributed by atoms with Gasteiger partial charge in [0.05, 0.1) is 12.7 Å². The topological polar surface area (TPSA) is 60.2 Å². The monoisotopic (exact) mass is 246 g/mol. The summed E-state index contributed by atoms with van der Waals surface area (Å²) < 4.78 is 1.66. The van der Waals surface area contributed by atoms with Crippen LogP contribution in [-0.2, 0) is 4.84 Å². The van der Waals surface area contributed by atoms with Crippen molar-refractivity contribution in [1.82, 2.24) is 19.8 Å². The summed E-state index contributed by atoms with van der Waals surface area (Å²) in [6, 6.07) is 3.58. The molecule has 0 N–H and O–H groups in total. The van der Waals surface area contributed by atoms with E-state index in [-0.39, 0.29) is 5.91 Å². The van der Waals surface area contributed by atoms with Gasteiger partial charge in [-0.15, -0.1) is 0 Å². The number of rotatable bonds is 3. The van der Waals surface area contributed by atoms with Gasteiger partial charge < -0.3 is 0 Å². The van der Waals surface area contributed by atoms with Gasteiger partial charge in [-0.3, -0.25) is 9.63 Å². The van der Waals surface area contributed by atoms with Crippen molar-refractivity contribution in [2.75, 3.05) is 14.2 Å². The van der Waals surface area contributed by atoms with Crippen molar-refractivity contribution in [3.63, 3.8) is 0 Å². The highest BCUT2D eigenvalue weighted by atomic mass is 16.7. The van der Waals surface area contributed by atoms with Gasteiger partial charge >= 0.3 is 0 Å². The van der Waals surface area contributed by atoms with Crippen LogP contribution in [0.4, 0.5) is 0 Å². The number of hydroxylamine groups is 2. The third-order valence-corrected chi connectivity index (χ3v) is 2.58. The molecule has 0 radical (unpaired) electrons. The summed E-state index contributed by atoms with van der Waals surface area (Å²) in [5.41, 5.74) is 1.35. The van der Waals surface area contributed by atoms with Crippen LogP contribution in [0.5, 0.6) is 0 Å². The fraction of sp³-hybridized carbons (Fsp3) is 0.250. The third kappa shape index (κ3) is 2.23. The summed E-state index contributed by atoms with van der Waals surface area (Å²) >= 11 is 0. The molecule has 0 saturated carbocycles. The number of nitrogens with zero attached hydrogens (tertiary/aromatic N) is 4. The van der Waals surface area contributed by atoms with E-state index in [9.17, 15) is 4.79 Å². The Hall–Kier alpha value is -2.21. The zero-order valence-corrected chi connectivity index (χ0v) is 10.5. The predicted octanol–water partition coefficient (Wildman–Crippen LogP) is 1.21. The standard InChI is InChI=1S/C12H14N4O2/c1-9-7-10(12(17)15(2)18-3)8-13-11(9)16-6-4-5-14-16/h4-8H,1-3H3. The minimum absolute atomic E-state index is 0.236. The minimum Gasteiger partial charge on any atom is -0.274 e. The summed E-state index contributed by atoms with van der Waals surface area (Å²) in [5.74, 6) is 0.469. The van der Waals surface area contributed by atoms with Crippen LogP contribution in [-0.4, -0.2) is 39.9 Å². The second kappa shape index (κ2) is 4.97. The molecule has 0 unspecified atom stereocenters. The Morgan fingerprint density at radius 3 is 2.83 bits per heavy atom. The van der Waals surface area contributed by atoms with Gasteiger partial charge in [-0.05, 0) is 24.6 Å². The van der Waals surface area contributed by atoms with Crippen LogP contribution in [0.15, 0.2) is 30.7 Å². The smallest absolute Gasteiger partial charge is 0.274 e. The van der Waals surface area contributed by atoms with Crippen molar-refractivity contribution in [2.45, 2.75) is 6.92 Å². The van der Waals surface area contributed by atoms with Crippen LogP contribution >= 0.6 is 0 Å². The Balaban J connectivity index is 2.34. The van der Waals surface area contributed by atoms with Gasteiger partial charge in [0.2, 0.25) is 0 Å². The van der Waals surface area contributed by atoms with Gasteiger partial charge in [0.25, 0.3) is 5.91 Å². The molecular weight excluding hydrogens is 232 g/mol. The highest BCUT2D eigenvalue weighted by Gasteiger charge is 2.13. The Morgan fingerprint density at radius 2 is 2.28 bits per heavy atom. The lowest BCUT2D eigenvalue weighted by Crippen LogP contribution is -2.25. The lowest BCUT2D eigenvalue weighted by molar-refractivity contribution is -0.0757. The lowest BCUT2D eigenvalue weighted by atomic mass is 10.2. The first-order valence-corrected chi connectivity index (χ1v) is 5.42. The maximum absolute atomic E-state index is 11.9. The molecule has 0 aliphatic heterocycles. The number of hydrogen-bond donors (Lipinski definition) is 0. The summed E-state index contributed by atoms with van der Waals surface area (Å²) in [5, 5.41) is 5.26. The fourth-order valence-corrected chi connectivity index (χ4v) is 1.58. The Bertz CT molecular complexity index is 551. The van der Waals surface area contributed by atoms with Crippen molar-refractivity contribution >= 4 is 5.91 Å². The van der Waals surface area contributed by atoms with E-state index in [4.69, 9.17) is 4.84 Å². The zero-order chi connectivity index (χ0) is 13.1. The number of pyridine rings is 1. The molecule has 6 heteroatoms. The van der Waals surface area contributed by atoms with Crippen LogP contribution in [0.2, 0.25) is 0 Å². The van der Waals surface area contributed by atoms with E-state index >= 15 is 0 Å². The van der Waals surface area contributed by atoms with E-state index in [0.29, 0.717) is 11.4 Å². The average molecular weight is 246 g/mol. The third-order valence-electron chi connectivity index (χ3n) is 2.58. The molecule has 0 aliphatic carbocycles. The van der Waals surface area contributed by atoms with E-state index in [1.165, 1.54) is 13.3 Å². The van der Waals surface area contributed by atoms with Gasteiger partial charge in [0, 0.05) is 25.6 Å². The fourth-order valence-electron chi connectivity index (χ4n) is 1.58. The minimum atomic E-state index is -0.236. The molecule has 0 bridgehead atoms. The highest BCUT2D eigenvalue weighted by molar-refractivity contribution is 5.93. The van der Waals surface area contributed by atoms with Crippen LogP contribution < -0.4 is 0 Å². The van der Waals surface area contributed by atoms with Crippen molar-refractivity contribution < 1.29 is 9.63 Å². The molecule has 0 fully saturated rings. The van der Waals surface area contributed by atoms with Gasteiger partial charge in [-0.2, -0.15) is 5.10 Å². The van der Waals surface area contributed by atoms with Gasteiger partial charge in [-0.25, -0.2) is 14.7 Å². The van der Waals surface area contributed by atoms with E-state index in [0.717, 1.165) is 10.6 Å². The highest BCUT2D eigenvalue weighted by Crippen LogP contribution is 2.12. The number of hydrogen-bond acceptors (Lipinski definition) is 4. The van der Waals surface area contributed by atoms with Gasteiger partial charge in [-0.1, -0.05) is 0 Å². The molecule has 0 spiro atoms. The van der Waals surface area contributed by atoms with E-state index in [1.54, 1.807) is 30.2 Å². The molecule has 6 nitrogen and oxygen atoms in total. The molecule has 94 valence electrons. The van der Waals surface area contributed by atoms with Crippen LogP contribution in [0.1, 0.15) is 15.9 Å². The quantitative estimate of drug-likeness (QED) is 0.764. The van der Waals surface area contributed by atoms with E-state index < -0.39 is 0 Å². The molecule has 1 amide bonds. The first-order valence-electron chi connectivity index (χ1n) is 5.42. The van der Waals surface area contributed by atoms with Crippen molar-refractivity contribution in [1.29, 1.82) is 0 Å². The Kier molecular flexibility index (Phi) is 3.38. The normalized spacial score (nSPS) is 10.4. The summed E-state index contributed by atoms with van der Waals surface area (Å²) in [4.78, 5) is 21.0. The largest absolute Gasteiger partial charge is 0.278 e. The first kappa shape index (κ1) is 12.3. The SMILES string of the molecule is CON(C)C(=O)c1cnc(-n2cccn2)c(C)c1. The number of amides is 1. The molecule has 2 aromatic heterocycles. The van der Waals surface area contributed by atoms with E-state index in [1.807, 2.05) is 13.0 Å². The second-order valence-corrected chi connectivity index (χ2v) is 3.80. The van der Waals surface area contributed by atoms with Crippen LogP contribution in [0, 0.1) is 6.92 Å². The van der Waals surface area contributed by atoms with Gasteiger partial charge in [0.15, 0.2) is 5.82 Å². The molecule has 0 saturated heterocycles. The Labute approximate surface area is 105 Å². The van der Waals surface area contributed by atoms with Crippen LogP contribution in [0.3, 0.4) is 0 Å². The van der Waals surface area contributed by atoms with Gasteiger partial charge in [0.1, 0.15) is 0 Å². The number of carbonyl (C=O) groups is 1. The lowest BCUT2D eigenvalue weighted by Gasteiger charge is -2.14.